The fraction of sp³-hybridized carbons (Fsp3) is 0.346. The van der Waals surface area contributed by atoms with E-state index in [1.54, 1.807) is 0 Å². The molecule has 1 aromatic heterocycles. The summed E-state index contributed by atoms with van der Waals surface area (Å²) in [7, 11) is 0. The van der Waals surface area contributed by atoms with Crippen LogP contribution in [-0.2, 0) is 0 Å². The molecule has 1 aliphatic heterocycles. The monoisotopic (exact) mass is 496 g/mol. The summed E-state index contributed by atoms with van der Waals surface area (Å²) >= 11 is 11.8. The summed E-state index contributed by atoms with van der Waals surface area (Å²) in [6, 6.07) is 15.2. The number of ether oxygens (including phenoxy) is 1. The number of rotatable bonds is 8. The van der Waals surface area contributed by atoms with E-state index < -0.39 is 0 Å². The van der Waals surface area contributed by atoms with Gasteiger partial charge in [-0.15, -0.1) is 0 Å². The summed E-state index contributed by atoms with van der Waals surface area (Å²) in [6.07, 6.45) is 1.01. The van der Waals surface area contributed by atoms with Gasteiger partial charge in [-0.25, -0.2) is 0 Å². The molecule has 0 saturated heterocycles. The molecule has 1 aliphatic rings. The highest BCUT2D eigenvalue weighted by Crippen LogP contribution is 2.38. The van der Waals surface area contributed by atoms with Crippen LogP contribution in [0.2, 0.25) is 5.02 Å². The third-order valence-electron chi connectivity index (χ3n) is 5.81. The van der Waals surface area contributed by atoms with Crippen LogP contribution in [0.4, 0.5) is 0 Å². The summed E-state index contributed by atoms with van der Waals surface area (Å²) in [5.74, 6) is 2.36. The van der Waals surface area contributed by atoms with E-state index in [-0.39, 0.29) is 6.04 Å². The number of aromatic nitrogens is 2. The number of hydrogen-bond donors (Lipinski definition) is 1. The predicted octanol–water partition coefficient (Wildman–Crippen LogP) is 6.50. The average molecular weight is 497 g/mol. The van der Waals surface area contributed by atoms with Crippen LogP contribution < -0.4 is 10.1 Å². The standard InChI is InChI=1S/C26H29ClN4O2S/c1-5-32-21-12-8-18(9-13-21)23-22(17(4)31(26(34)28-23)15-14-16(2)3)25-29-24(30-33-25)19-6-10-20(27)11-7-19/h6-13,16,23H,5,14-15H2,1-4H3,(H,28,34). The predicted molar refractivity (Wildman–Crippen MR) is 140 cm³/mol. The van der Waals surface area contributed by atoms with Gasteiger partial charge >= 0.3 is 0 Å². The molecule has 0 fully saturated rings. The summed E-state index contributed by atoms with van der Waals surface area (Å²) < 4.78 is 11.4. The molecule has 6 nitrogen and oxygen atoms in total. The van der Waals surface area contributed by atoms with Crippen molar-refractivity contribution in [1.29, 1.82) is 0 Å². The van der Waals surface area contributed by atoms with Crippen LogP contribution in [-0.4, -0.2) is 33.3 Å². The minimum absolute atomic E-state index is 0.225. The van der Waals surface area contributed by atoms with Crippen molar-refractivity contribution in [2.45, 2.75) is 40.2 Å². The largest absolute Gasteiger partial charge is 0.494 e. The topological polar surface area (TPSA) is 63.4 Å². The quantitative estimate of drug-likeness (QED) is 0.357. The Kier molecular flexibility index (Phi) is 7.54. The zero-order valence-electron chi connectivity index (χ0n) is 19.8. The molecule has 2 heterocycles. The van der Waals surface area contributed by atoms with Crippen molar-refractivity contribution >= 4 is 34.5 Å². The van der Waals surface area contributed by atoms with E-state index in [0.29, 0.717) is 34.4 Å². The van der Waals surface area contributed by atoms with Crippen LogP contribution in [0.25, 0.3) is 17.0 Å². The lowest BCUT2D eigenvalue weighted by molar-refractivity contribution is 0.340. The Labute approximate surface area is 210 Å². The third-order valence-corrected chi connectivity index (χ3v) is 6.40. The lowest BCUT2D eigenvalue weighted by atomic mass is 9.94. The smallest absolute Gasteiger partial charge is 0.258 e. The first-order chi connectivity index (χ1) is 16.4. The molecule has 3 aromatic rings. The number of thiocarbonyl (C=S) groups is 1. The van der Waals surface area contributed by atoms with Crippen molar-refractivity contribution < 1.29 is 9.26 Å². The molecule has 1 atom stereocenters. The van der Waals surface area contributed by atoms with Crippen molar-refractivity contribution in [3.63, 3.8) is 0 Å². The number of benzene rings is 2. The lowest BCUT2D eigenvalue weighted by Gasteiger charge is -2.37. The molecule has 0 saturated carbocycles. The molecule has 0 amide bonds. The molecule has 0 bridgehead atoms. The Morgan fingerprint density at radius 3 is 2.50 bits per heavy atom. The highest BCUT2D eigenvalue weighted by Gasteiger charge is 2.34. The van der Waals surface area contributed by atoms with Crippen LogP contribution >= 0.6 is 23.8 Å². The van der Waals surface area contributed by atoms with Gasteiger partial charge in [-0.1, -0.05) is 42.7 Å². The lowest BCUT2D eigenvalue weighted by Crippen LogP contribution is -2.46. The first kappa shape index (κ1) is 24.2. The van der Waals surface area contributed by atoms with E-state index >= 15 is 0 Å². The summed E-state index contributed by atoms with van der Waals surface area (Å²) in [4.78, 5) is 6.88. The molecular weight excluding hydrogens is 468 g/mol. The second-order valence-corrected chi connectivity index (χ2v) is 9.47. The van der Waals surface area contributed by atoms with Gasteiger partial charge < -0.3 is 19.5 Å². The number of nitrogens with one attached hydrogen (secondary N) is 1. The van der Waals surface area contributed by atoms with Crippen molar-refractivity contribution in [2.24, 2.45) is 5.92 Å². The molecular formula is C26H29ClN4O2S. The molecule has 0 aliphatic carbocycles. The number of halogens is 1. The molecule has 8 heteroatoms. The Morgan fingerprint density at radius 1 is 1.15 bits per heavy atom. The van der Waals surface area contributed by atoms with Gasteiger partial charge in [0.2, 0.25) is 5.82 Å². The Balaban J connectivity index is 1.75. The maximum atomic E-state index is 6.04. The Morgan fingerprint density at radius 2 is 1.85 bits per heavy atom. The van der Waals surface area contributed by atoms with Crippen molar-refractivity contribution in [3.8, 4) is 17.1 Å². The van der Waals surface area contributed by atoms with Crippen molar-refractivity contribution in [1.82, 2.24) is 20.4 Å². The molecule has 178 valence electrons. The van der Waals surface area contributed by atoms with Gasteiger partial charge in [0.05, 0.1) is 18.2 Å². The SMILES string of the molecule is CCOc1ccc(C2NC(=S)N(CCC(C)C)C(C)=C2c2nc(-c3ccc(Cl)cc3)no2)cc1. The van der Waals surface area contributed by atoms with Gasteiger partial charge in [-0.3, -0.25) is 0 Å². The number of nitrogens with zero attached hydrogens (tertiary/aromatic N) is 3. The van der Waals surface area contributed by atoms with E-state index in [1.807, 2.05) is 55.5 Å². The van der Waals surface area contributed by atoms with Gasteiger partial charge in [-0.2, -0.15) is 4.98 Å². The van der Waals surface area contributed by atoms with Crippen molar-refractivity contribution in [3.05, 3.63) is 70.7 Å². The Bertz CT molecular complexity index is 1170. The summed E-state index contributed by atoms with van der Waals surface area (Å²) in [6.45, 7) is 9.89. The van der Waals surface area contributed by atoms with E-state index in [2.05, 4.69) is 36.1 Å². The third kappa shape index (κ3) is 5.26. The molecule has 1 N–H and O–H groups in total. The van der Waals surface area contributed by atoms with Gasteiger partial charge in [0.1, 0.15) is 5.75 Å². The van der Waals surface area contributed by atoms with E-state index in [1.165, 1.54) is 0 Å². The van der Waals surface area contributed by atoms with Crippen LogP contribution in [0.5, 0.6) is 5.75 Å². The zero-order chi connectivity index (χ0) is 24.2. The second kappa shape index (κ2) is 10.6. The molecule has 34 heavy (non-hydrogen) atoms. The van der Waals surface area contributed by atoms with Crippen LogP contribution in [0.15, 0.2) is 58.8 Å². The second-order valence-electron chi connectivity index (χ2n) is 8.65. The fourth-order valence-corrected chi connectivity index (χ4v) is 4.41. The highest BCUT2D eigenvalue weighted by molar-refractivity contribution is 7.80. The molecule has 0 spiro atoms. The highest BCUT2D eigenvalue weighted by atomic mass is 35.5. The molecule has 4 rings (SSSR count). The molecule has 2 aromatic carbocycles. The maximum Gasteiger partial charge on any atom is 0.258 e. The average Bonchev–Trinajstić information content (AvgIpc) is 3.29. The number of hydrogen-bond acceptors (Lipinski definition) is 5. The van der Waals surface area contributed by atoms with Crippen LogP contribution in [0, 0.1) is 5.92 Å². The van der Waals surface area contributed by atoms with Gasteiger partial charge in [-0.05, 0) is 80.4 Å². The Hall–Kier alpha value is -2.90. The first-order valence-corrected chi connectivity index (χ1v) is 12.3. The van der Waals surface area contributed by atoms with Crippen LogP contribution in [0.1, 0.15) is 51.6 Å². The van der Waals surface area contributed by atoms with Crippen LogP contribution in [0.3, 0.4) is 0 Å². The van der Waals surface area contributed by atoms with E-state index in [9.17, 15) is 0 Å². The summed E-state index contributed by atoms with van der Waals surface area (Å²) in [5.41, 5.74) is 3.80. The molecule has 0 radical (unpaired) electrons. The minimum Gasteiger partial charge on any atom is -0.494 e. The van der Waals surface area contributed by atoms with Gasteiger partial charge in [0, 0.05) is 22.8 Å². The maximum absolute atomic E-state index is 6.04. The number of allylic oxidation sites excluding steroid dienone is 1. The van der Waals surface area contributed by atoms with Crippen molar-refractivity contribution in [2.75, 3.05) is 13.2 Å². The normalized spacial score (nSPS) is 16.2. The van der Waals surface area contributed by atoms with Gasteiger partial charge in [0.15, 0.2) is 5.11 Å². The zero-order valence-corrected chi connectivity index (χ0v) is 21.4. The summed E-state index contributed by atoms with van der Waals surface area (Å²) in [5, 5.41) is 9.11. The molecule has 1 unspecified atom stereocenters. The fourth-order valence-electron chi connectivity index (χ4n) is 3.94. The minimum atomic E-state index is -0.225. The van der Waals surface area contributed by atoms with E-state index in [0.717, 1.165) is 41.1 Å². The van der Waals surface area contributed by atoms with Gasteiger partial charge in [0.25, 0.3) is 5.89 Å². The van der Waals surface area contributed by atoms with E-state index in [4.69, 9.17) is 38.1 Å². The first-order valence-electron chi connectivity index (χ1n) is 11.5.